The van der Waals surface area contributed by atoms with Crippen molar-refractivity contribution in [3.8, 4) is 0 Å². The first-order valence-corrected chi connectivity index (χ1v) is 4.65. The fourth-order valence-corrected chi connectivity index (χ4v) is 1.30. The summed E-state index contributed by atoms with van der Waals surface area (Å²) in [6.45, 7) is 4.53. The highest BCUT2D eigenvalue weighted by Crippen LogP contribution is 2.13. The number of carbonyl (C=O) groups is 1. The molecule has 0 N–H and O–H groups in total. The van der Waals surface area contributed by atoms with Gasteiger partial charge in [-0.05, 0) is 26.0 Å². The fourth-order valence-electron chi connectivity index (χ4n) is 1.30. The van der Waals surface area contributed by atoms with Crippen LogP contribution in [0.5, 0.6) is 0 Å². The predicted molar refractivity (Wildman–Crippen MR) is 54.1 cm³/mol. The van der Waals surface area contributed by atoms with Crippen molar-refractivity contribution in [2.45, 2.75) is 13.8 Å². The van der Waals surface area contributed by atoms with E-state index in [-0.39, 0.29) is 6.54 Å². The quantitative estimate of drug-likeness (QED) is 0.700. The third-order valence-corrected chi connectivity index (χ3v) is 2.10. The largest absolute Gasteiger partial charge is 0.548 e. The number of aryl methyl sites for hydroxylation is 1. The van der Waals surface area contributed by atoms with Gasteiger partial charge in [0.05, 0.1) is 12.5 Å². The van der Waals surface area contributed by atoms with E-state index in [0.717, 1.165) is 5.69 Å². The molecule has 0 aliphatic heterocycles. The molecule has 1 rings (SSSR count). The lowest BCUT2D eigenvalue weighted by molar-refractivity contribution is -0.303. The van der Waals surface area contributed by atoms with Crippen LogP contribution in [-0.4, -0.2) is 19.1 Å². The van der Waals surface area contributed by atoms with Gasteiger partial charge in [0.1, 0.15) is 0 Å². The number of hydrogen-bond acceptors (Lipinski definition) is 3. The number of carboxylic acid groups (broad SMARTS) is 1. The average molecular weight is 192 g/mol. The molecule has 0 unspecified atom stereocenters. The Labute approximate surface area is 84.0 Å². The van der Waals surface area contributed by atoms with Gasteiger partial charge in [0.15, 0.2) is 0 Å². The fraction of sp³-hybridized carbons (Fsp3) is 0.364. The molecule has 0 radical (unpaired) electrons. The van der Waals surface area contributed by atoms with Gasteiger partial charge in [-0.15, -0.1) is 0 Å². The molecule has 0 saturated carbocycles. The molecule has 3 nitrogen and oxygen atoms in total. The first-order chi connectivity index (χ1) is 6.63. The molecular formula is C11H14NO2-. The summed E-state index contributed by atoms with van der Waals surface area (Å²) >= 11 is 0. The van der Waals surface area contributed by atoms with E-state index >= 15 is 0 Å². The molecule has 0 bridgehead atoms. The minimum absolute atomic E-state index is 0.0560. The van der Waals surface area contributed by atoms with Gasteiger partial charge in [-0.2, -0.15) is 0 Å². The molecular weight excluding hydrogens is 178 g/mol. The number of nitrogens with zero attached hydrogens (tertiary/aromatic N) is 1. The predicted octanol–water partition coefficient (Wildman–Crippen LogP) is 0.571. The first kappa shape index (κ1) is 10.6. The van der Waals surface area contributed by atoms with Crippen molar-refractivity contribution in [3.63, 3.8) is 0 Å². The van der Waals surface area contributed by atoms with E-state index in [9.17, 15) is 9.90 Å². The van der Waals surface area contributed by atoms with Crippen LogP contribution in [-0.2, 0) is 4.79 Å². The second-order valence-corrected chi connectivity index (χ2v) is 3.22. The van der Waals surface area contributed by atoms with Crippen molar-refractivity contribution in [2.24, 2.45) is 0 Å². The smallest absolute Gasteiger partial charge is 0.0608 e. The zero-order valence-corrected chi connectivity index (χ0v) is 8.49. The van der Waals surface area contributed by atoms with Crippen LogP contribution >= 0.6 is 0 Å². The Kier molecular flexibility index (Phi) is 3.51. The third-order valence-electron chi connectivity index (χ3n) is 2.10. The Morgan fingerprint density at radius 1 is 1.36 bits per heavy atom. The van der Waals surface area contributed by atoms with Gasteiger partial charge in [0, 0.05) is 12.2 Å². The van der Waals surface area contributed by atoms with E-state index in [1.165, 1.54) is 5.56 Å². The molecule has 0 amide bonds. The van der Waals surface area contributed by atoms with Crippen LogP contribution in [0, 0.1) is 6.92 Å². The van der Waals surface area contributed by atoms with Crippen molar-refractivity contribution in [1.29, 1.82) is 0 Å². The number of likely N-dealkylation sites (N-methyl/N-ethyl adjacent to an activating group) is 1. The molecule has 1 aromatic rings. The van der Waals surface area contributed by atoms with Crippen LogP contribution in [0.3, 0.4) is 0 Å². The lowest BCUT2D eigenvalue weighted by atomic mass is 10.2. The van der Waals surface area contributed by atoms with Gasteiger partial charge in [-0.1, -0.05) is 17.7 Å². The molecule has 0 fully saturated rings. The lowest BCUT2D eigenvalue weighted by Gasteiger charge is -2.23. The van der Waals surface area contributed by atoms with Crippen LogP contribution in [0.2, 0.25) is 0 Å². The zero-order valence-electron chi connectivity index (χ0n) is 8.49. The molecule has 14 heavy (non-hydrogen) atoms. The monoisotopic (exact) mass is 192 g/mol. The Balaban J connectivity index is 2.78. The maximum Gasteiger partial charge on any atom is 0.0608 e. The molecule has 3 heteroatoms. The van der Waals surface area contributed by atoms with Gasteiger partial charge in [0.25, 0.3) is 0 Å². The third kappa shape index (κ3) is 2.76. The van der Waals surface area contributed by atoms with E-state index in [1.54, 1.807) is 4.90 Å². The topological polar surface area (TPSA) is 43.4 Å². The van der Waals surface area contributed by atoms with Gasteiger partial charge in [-0.25, -0.2) is 0 Å². The SMILES string of the molecule is CCN(CC(=O)[O-])c1ccc(C)cc1. The Bertz CT molecular complexity index is 306. The van der Waals surface area contributed by atoms with Crippen molar-refractivity contribution in [2.75, 3.05) is 18.0 Å². The highest BCUT2D eigenvalue weighted by Gasteiger charge is 2.02. The second-order valence-electron chi connectivity index (χ2n) is 3.22. The lowest BCUT2D eigenvalue weighted by Crippen LogP contribution is -2.38. The number of hydrogen-bond donors (Lipinski definition) is 0. The first-order valence-electron chi connectivity index (χ1n) is 4.65. The number of anilines is 1. The van der Waals surface area contributed by atoms with Crippen LogP contribution in [0.4, 0.5) is 5.69 Å². The number of carbonyl (C=O) groups excluding carboxylic acids is 1. The molecule has 76 valence electrons. The summed E-state index contributed by atoms with van der Waals surface area (Å²) in [6.07, 6.45) is 0. The standard InChI is InChI=1S/C11H15NO2/c1-3-12(8-11(13)14)10-6-4-9(2)5-7-10/h4-7H,3,8H2,1-2H3,(H,13,14)/p-1. The molecule has 0 aromatic heterocycles. The minimum Gasteiger partial charge on any atom is -0.548 e. The summed E-state index contributed by atoms with van der Waals surface area (Å²) < 4.78 is 0. The van der Waals surface area contributed by atoms with Gasteiger partial charge >= 0.3 is 0 Å². The van der Waals surface area contributed by atoms with Crippen LogP contribution in [0.1, 0.15) is 12.5 Å². The summed E-state index contributed by atoms with van der Waals surface area (Å²) in [5.41, 5.74) is 2.08. The number of aliphatic carboxylic acids is 1. The van der Waals surface area contributed by atoms with Crippen molar-refractivity contribution in [3.05, 3.63) is 29.8 Å². The molecule has 0 heterocycles. The summed E-state index contributed by atoms with van der Waals surface area (Å²) in [7, 11) is 0. The van der Waals surface area contributed by atoms with Crippen LogP contribution < -0.4 is 10.0 Å². The number of carboxylic acids is 1. The molecule has 0 saturated heterocycles. The van der Waals surface area contributed by atoms with Crippen molar-refractivity contribution < 1.29 is 9.90 Å². The average Bonchev–Trinajstić information content (AvgIpc) is 2.15. The van der Waals surface area contributed by atoms with Crippen LogP contribution in [0.15, 0.2) is 24.3 Å². The maximum absolute atomic E-state index is 10.5. The van der Waals surface area contributed by atoms with E-state index < -0.39 is 5.97 Å². The van der Waals surface area contributed by atoms with Gasteiger partial charge in [-0.3, -0.25) is 0 Å². The second kappa shape index (κ2) is 4.65. The van der Waals surface area contributed by atoms with Crippen molar-refractivity contribution >= 4 is 11.7 Å². The Morgan fingerprint density at radius 2 is 1.93 bits per heavy atom. The molecule has 0 aliphatic carbocycles. The van der Waals surface area contributed by atoms with Gasteiger partial charge < -0.3 is 14.8 Å². The highest BCUT2D eigenvalue weighted by atomic mass is 16.4. The Hall–Kier alpha value is -1.51. The summed E-state index contributed by atoms with van der Waals surface area (Å²) in [4.78, 5) is 12.2. The summed E-state index contributed by atoms with van der Waals surface area (Å²) in [5.74, 6) is -1.05. The number of benzene rings is 1. The normalized spacial score (nSPS) is 9.86. The number of rotatable bonds is 4. The highest BCUT2D eigenvalue weighted by molar-refractivity contribution is 5.71. The molecule has 0 atom stereocenters. The van der Waals surface area contributed by atoms with Gasteiger partial charge in [0.2, 0.25) is 0 Å². The minimum atomic E-state index is -1.05. The van der Waals surface area contributed by atoms with E-state index in [4.69, 9.17) is 0 Å². The Morgan fingerprint density at radius 3 is 2.36 bits per heavy atom. The van der Waals surface area contributed by atoms with Crippen LogP contribution in [0.25, 0.3) is 0 Å². The summed E-state index contributed by atoms with van der Waals surface area (Å²) in [5, 5.41) is 10.5. The molecule has 1 aromatic carbocycles. The zero-order chi connectivity index (χ0) is 10.6. The molecule has 0 spiro atoms. The molecule has 0 aliphatic rings. The summed E-state index contributed by atoms with van der Waals surface area (Å²) in [6, 6.07) is 7.77. The van der Waals surface area contributed by atoms with Crippen molar-refractivity contribution in [1.82, 2.24) is 0 Å². The van der Waals surface area contributed by atoms with E-state index in [0.29, 0.717) is 6.54 Å². The van der Waals surface area contributed by atoms with E-state index in [2.05, 4.69) is 0 Å². The van der Waals surface area contributed by atoms with E-state index in [1.807, 2.05) is 38.1 Å². The maximum atomic E-state index is 10.5.